The summed E-state index contributed by atoms with van der Waals surface area (Å²) < 4.78 is 0. The minimum atomic E-state index is 0.892. The first-order chi connectivity index (χ1) is 11.7. The number of allylic oxidation sites excluding steroid dienone is 4. The van der Waals surface area contributed by atoms with Crippen molar-refractivity contribution in [1.82, 2.24) is 9.97 Å². The van der Waals surface area contributed by atoms with Gasteiger partial charge in [0.25, 0.3) is 0 Å². The summed E-state index contributed by atoms with van der Waals surface area (Å²) in [6.07, 6.45) is 7.96. The van der Waals surface area contributed by atoms with E-state index in [4.69, 9.17) is 0 Å². The van der Waals surface area contributed by atoms with E-state index in [9.17, 15) is 0 Å². The number of H-pyrrole nitrogens is 1. The number of aryl methyl sites for hydroxylation is 1. The highest BCUT2D eigenvalue weighted by Crippen LogP contribution is 2.22. The van der Waals surface area contributed by atoms with Gasteiger partial charge in [0.15, 0.2) is 0 Å². The minimum absolute atomic E-state index is 0.892. The molecular weight excluding hydrogens is 294 g/mol. The maximum absolute atomic E-state index is 4.66. The first kappa shape index (κ1) is 15.9. The standard InChI is InChI=1S/C21H21N3/c1-4-5-8-16(3)21-23-19-11-10-18(13-20(19)24-21)22-14-17-9-6-7-15(2)12-17/h4-14H,1-3H3,(H,23,24)/b5-4-,16-8+,22-14+. The number of benzene rings is 2. The maximum Gasteiger partial charge on any atom is 0.134 e. The third-order valence-electron chi connectivity index (χ3n) is 3.78. The number of nitrogens with zero attached hydrogens (tertiary/aromatic N) is 2. The van der Waals surface area contributed by atoms with Crippen LogP contribution < -0.4 is 0 Å². The van der Waals surface area contributed by atoms with Crippen LogP contribution in [0.2, 0.25) is 0 Å². The van der Waals surface area contributed by atoms with Crippen LogP contribution in [0.5, 0.6) is 0 Å². The summed E-state index contributed by atoms with van der Waals surface area (Å²) in [7, 11) is 0. The minimum Gasteiger partial charge on any atom is -0.338 e. The molecule has 0 saturated heterocycles. The number of nitrogens with one attached hydrogen (secondary N) is 1. The fourth-order valence-electron chi connectivity index (χ4n) is 2.48. The predicted molar refractivity (Wildman–Crippen MR) is 103 cm³/mol. The Morgan fingerprint density at radius 2 is 2.04 bits per heavy atom. The molecule has 0 radical (unpaired) electrons. The third-order valence-corrected chi connectivity index (χ3v) is 3.78. The summed E-state index contributed by atoms with van der Waals surface area (Å²) in [4.78, 5) is 12.6. The normalized spacial score (nSPS) is 12.7. The van der Waals surface area contributed by atoms with E-state index in [1.165, 1.54) is 5.56 Å². The van der Waals surface area contributed by atoms with Crippen molar-refractivity contribution in [2.24, 2.45) is 4.99 Å². The van der Waals surface area contributed by atoms with Crippen LogP contribution in [-0.4, -0.2) is 16.2 Å². The van der Waals surface area contributed by atoms with E-state index in [0.717, 1.165) is 33.7 Å². The number of fused-ring (bicyclic) bond motifs is 1. The Balaban J connectivity index is 1.88. The van der Waals surface area contributed by atoms with Crippen molar-refractivity contribution in [3.8, 4) is 0 Å². The average molecular weight is 315 g/mol. The number of hydrogen-bond acceptors (Lipinski definition) is 2. The van der Waals surface area contributed by atoms with Crippen molar-refractivity contribution in [2.45, 2.75) is 20.8 Å². The SMILES string of the molecule is C/C=C\C=C(/C)c1nc2cc(/N=C/c3cccc(C)c3)ccc2[nH]1. The molecule has 1 N–H and O–H groups in total. The van der Waals surface area contributed by atoms with E-state index in [-0.39, 0.29) is 0 Å². The Morgan fingerprint density at radius 1 is 1.17 bits per heavy atom. The lowest BCUT2D eigenvalue weighted by molar-refractivity contribution is 1.25. The molecule has 0 bridgehead atoms. The van der Waals surface area contributed by atoms with E-state index in [2.05, 4.69) is 53.1 Å². The number of hydrogen-bond donors (Lipinski definition) is 1. The molecule has 0 amide bonds. The predicted octanol–water partition coefficient (Wildman–Crippen LogP) is 5.60. The summed E-state index contributed by atoms with van der Waals surface area (Å²) in [5.41, 5.74) is 6.29. The number of aromatic nitrogens is 2. The van der Waals surface area contributed by atoms with E-state index in [1.54, 1.807) is 0 Å². The highest BCUT2D eigenvalue weighted by molar-refractivity contribution is 5.85. The molecule has 3 rings (SSSR count). The number of aromatic amines is 1. The maximum atomic E-state index is 4.66. The lowest BCUT2D eigenvalue weighted by Crippen LogP contribution is -1.81. The number of imidazole rings is 1. The van der Waals surface area contributed by atoms with E-state index in [1.807, 2.05) is 49.6 Å². The highest BCUT2D eigenvalue weighted by Gasteiger charge is 2.04. The Bertz CT molecular complexity index is 943. The topological polar surface area (TPSA) is 41.0 Å². The van der Waals surface area contributed by atoms with Crippen LogP contribution in [0.25, 0.3) is 16.6 Å². The molecule has 0 aliphatic carbocycles. The molecule has 3 aromatic rings. The van der Waals surface area contributed by atoms with Gasteiger partial charge in [-0.1, -0.05) is 48.1 Å². The van der Waals surface area contributed by atoms with Crippen LogP contribution in [0.15, 0.2) is 65.7 Å². The lowest BCUT2D eigenvalue weighted by Gasteiger charge is -1.96. The quantitative estimate of drug-likeness (QED) is 0.494. The fraction of sp³-hybridized carbons (Fsp3) is 0.143. The van der Waals surface area contributed by atoms with Crippen LogP contribution in [0.1, 0.15) is 30.8 Å². The first-order valence-corrected chi connectivity index (χ1v) is 8.06. The Labute approximate surface area is 142 Å². The molecule has 0 spiro atoms. The van der Waals surface area contributed by atoms with Gasteiger partial charge in [-0.2, -0.15) is 0 Å². The zero-order valence-electron chi connectivity index (χ0n) is 14.2. The molecule has 0 aliphatic heterocycles. The van der Waals surface area contributed by atoms with E-state index >= 15 is 0 Å². The van der Waals surface area contributed by atoms with Gasteiger partial charge in [0.2, 0.25) is 0 Å². The van der Waals surface area contributed by atoms with Crippen LogP contribution in [0, 0.1) is 6.92 Å². The Hall–Kier alpha value is -2.94. The second-order valence-corrected chi connectivity index (χ2v) is 5.83. The zero-order valence-corrected chi connectivity index (χ0v) is 14.2. The molecule has 1 aromatic heterocycles. The number of aliphatic imine (C=N–C) groups is 1. The van der Waals surface area contributed by atoms with Crippen molar-refractivity contribution in [1.29, 1.82) is 0 Å². The van der Waals surface area contributed by atoms with Gasteiger partial charge in [-0.05, 0) is 50.1 Å². The molecule has 0 aliphatic rings. The molecular formula is C21H21N3. The van der Waals surface area contributed by atoms with Crippen LogP contribution in [-0.2, 0) is 0 Å². The Morgan fingerprint density at radius 3 is 2.83 bits per heavy atom. The largest absolute Gasteiger partial charge is 0.338 e. The van der Waals surface area contributed by atoms with Gasteiger partial charge in [0.05, 0.1) is 16.7 Å². The lowest BCUT2D eigenvalue weighted by atomic mass is 10.1. The van der Waals surface area contributed by atoms with Gasteiger partial charge >= 0.3 is 0 Å². The van der Waals surface area contributed by atoms with Crippen molar-refractivity contribution in [3.63, 3.8) is 0 Å². The van der Waals surface area contributed by atoms with Gasteiger partial charge in [-0.3, -0.25) is 4.99 Å². The van der Waals surface area contributed by atoms with Crippen LogP contribution in [0.3, 0.4) is 0 Å². The van der Waals surface area contributed by atoms with E-state index < -0.39 is 0 Å². The first-order valence-electron chi connectivity index (χ1n) is 8.06. The third kappa shape index (κ3) is 3.69. The summed E-state index contributed by atoms with van der Waals surface area (Å²) >= 11 is 0. The van der Waals surface area contributed by atoms with Gasteiger partial charge in [-0.15, -0.1) is 0 Å². The van der Waals surface area contributed by atoms with Crippen molar-refractivity contribution >= 4 is 28.5 Å². The summed E-state index contributed by atoms with van der Waals surface area (Å²) in [5, 5.41) is 0. The number of rotatable bonds is 4. The molecule has 3 heteroatoms. The second-order valence-electron chi connectivity index (χ2n) is 5.83. The second kappa shape index (κ2) is 7.09. The molecule has 0 fully saturated rings. The zero-order chi connectivity index (χ0) is 16.9. The van der Waals surface area contributed by atoms with Crippen molar-refractivity contribution in [3.05, 3.63) is 77.6 Å². The summed E-state index contributed by atoms with van der Waals surface area (Å²) in [6.45, 7) is 6.13. The van der Waals surface area contributed by atoms with Gasteiger partial charge < -0.3 is 4.98 Å². The molecule has 1 heterocycles. The van der Waals surface area contributed by atoms with Gasteiger partial charge in [-0.25, -0.2) is 4.98 Å². The molecule has 2 aromatic carbocycles. The molecule has 0 saturated carbocycles. The highest BCUT2D eigenvalue weighted by atomic mass is 14.9. The van der Waals surface area contributed by atoms with Crippen LogP contribution in [0.4, 0.5) is 5.69 Å². The molecule has 3 nitrogen and oxygen atoms in total. The molecule has 0 atom stereocenters. The molecule has 0 unspecified atom stereocenters. The van der Waals surface area contributed by atoms with Crippen molar-refractivity contribution < 1.29 is 0 Å². The van der Waals surface area contributed by atoms with E-state index in [0.29, 0.717) is 0 Å². The monoisotopic (exact) mass is 315 g/mol. The van der Waals surface area contributed by atoms with Crippen molar-refractivity contribution in [2.75, 3.05) is 0 Å². The smallest absolute Gasteiger partial charge is 0.134 e. The molecule has 24 heavy (non-hydrogen) atoms. The Kier molecular flexibility index (Phi) is 4.71. The summed E-state index contributed by atoms with van der Waals surface area (Å²) in [5.74, 6) is 0.892. The fourth-order valence-corrected chi connectivity index (χ4v) is 2.48. The molecule has 120 valence electrons. The summed E-state index contributed by atoms with van der Waals surface area (Å²) in [6, 6.07) is 14.3. The van der Waals surface area contributed by atoms with Crippen LogP contribution >= 0.6 is 0 Å². The van der Waals surface area contributed by atoms with Gasteiger partial charge in [0.1, 0.15) is 5.82 Å². The van der Waals surface area contributed by atoms with Gasteiger partial charge in [0, 0.05) is 6.21 Å². The average Bonchev–Trinajstić information content (AvgIpc) is 3.01.